The van der Waals surface area contributed by atoms with Gasteiger partial charge in [0.15, 0.2) is 0 Å². The van der Waals surface area contributed by atoms with E-state index < -0.39 is 0 Å². The number of halogens is 1. The Kier molecular flexibility index (Phi) is 9.86. The maximum atomic E-state index is 12.0. The number of hydrogen-bond acceptors (Lipinski definition) is 6. The minimum absolute atomic E-state index is 0. The van der Waals surface area contributed by atoms with Crippen LogP contribution in [0, 0.1) is 0 Å². The molecule has 160 valence electrons. The van der Waals surface area contributed by atoms with Gasteiger partial charge in [-0.1, -0.05) is 41.6 Å². The Morgan fingerprint density at radius 1 is 1.13 bits per heavy atom. The number of nitrogens with zero attached hydrogens (tertiary/aromatic N) is 2. The molecule has 0 spiro atoms. The second-order valence-electron chi connectivity index (χ2n) is 6.60. The van der Waals surface area contributed by atoms with E-state index >= 15 is 0 Å². The highest BCUT2D eigenvalue weighted by Crippen LogP contribution is 2.16. The van der Waals surface area contributed by atoms with Crippen LogP contribution in [0.3, 0.4) is 0 Å². The lowest BCUT2D eigenvalue weighted by Crippen LogP contribution is -2.38. The molecule has 0 aliphatic carbocycles. The Morgan fingerprint density at radius 3 is 2.57 bits per heavy atom. The molecule has 2 aromatic carbocycles. The van der Waals surface area contributed by atoms with Gasteiger partial charge in [-0.15, -0.1) is 12.4 Å². The quantitative estimate of drug-likeness (QED) is 0.221. The lowest BCUT2D eigenvalue weighted by atomic mass is 10.1. The molecule has 0 radical (unpaired) electrons. The summed E-state index contributed by atoms with van der Waals surface area (Å²) >= 11 is 0. The molecular formula is C22H27ClN4O3. The molecule has 1 fully saturated rings. The predicted octanol–water partition coefficient (Wildman–Crippen LogP) is 3.03. The van der Waals surface area contributed by atoms with E-state index in [0.717, 1.165) is 44.0 Å². The van der Waals surface area contributed by atoms with Crippen molar-refractivity contribution in [3.63, 3.8) is 0 Å². The number of nitrogens with one attached hydrogen (secondary N) is 1. The lowest BCUT2D eigenvalue weighted by molar-refractivity contribution is -0.111. The first kappa shape index (κ1) is 23.4. The van der Waals surface area contributed by atoms with Crippen LogP contribution in [-0.4, -0.2) is 56.5 Å². The van der Waals surface area contributed by atoms with E-state index in [2.05, 4.69) is 15.4 Å². The Bertz CT molecular complexity index is 850. The van der Waals surface area contributed by atoms with Crippen molar-refractivity contribution < 1.29 is 14.4 Å². The second kappa shape index (κ2) is 12.6. The zero-order valence-corrected chi connectivity index (χ0v) is 17.5. The van der Waals surface area contributed by atoms with Crippen molar-refractivity contribution in [3.05, 3.63) is 65.7 Å². The number of nitrogens with two attached hydrogens (primary N) is 1. The van der Waals surface area contributed by atoms with Crippen LogP contribution in [0.4, 0.5) is 11.4 Å². The molecule has 1 saturated heterocycles. The third-order valence-corrected chi connectivity index (χ3v) is 4.46. The molecule has 1 heterocycles. The smallest absolute Gasteiger partial charge is 0.248 e. The van der Waals surface area contributed by atoms with Gasteiger partial charge in [-0.05, 0) is 29.3 Å². The topological polar surface area (TPSA) is 89.2 Å². The summed E-state index contributed by atoms with van der Waals surface area (Å²) < 4.78 is 5.31. The molecule has 0 saturated carbocycles. The van der Waals surface area contributed by atoms with Gasteiger partial charge in [0.1, 0.15) is 6.61 Å². The van der Waals surface area contributed by atoms with Crippen molar-refractivity contribution in [1.29, 1.82) is 0 Å². The average Bonchev–Trinajstić information content (AvgIpc) is 2.75. The summed E-state index contributed by atoms with van der Waals surface area (Å²) in [6, 6.07) is 14.8. The predicted molar refractivity (Wildman–Crippen MR) is 123 cm³/mol. The van der Waals surface area contributed by atoms with E-state index in [1.807, 2.05) is 36.4 Å². The molecule has 2 aromatic rings. The van der Waals surface area contributed by atoms with Gasteiger partial charge in [-0.3, -0.25) is 9.69 Å². The molecule has 0 atom stereocenters. The Morgan fingerprint density at radius 2 is 1.83 bits per heavy atom. The number of morpholine rings is 1. The third-order valence-electron chi connectivity index (χ3n) is 4.46. The number of rotatable bonds is 8. The van der Waals surface area contributed by atoms with Crippen molar-refractivity contribution >= 4 is 42.0 Å². The molecular weight excluding hydrogens is 404 g/mol. The number of oxime groups is 1. The molecule has 8 heteroatoms. The molecule has 3 rings (SSSR count). The Hall–Kier alpha value is -2.87. The minimum Gasteiger partial charge on any atom is -0.397 e. The summed E-state index contributed by atoms with van der Waals surface area (Å²) in [5.74, 6) is -0.234. The summed E-state index contributed by atoms with van der Waals surface area (Å²) in [7, 11) is 0. The highest BCUT2D eigenvalue weighted by atomic mass is 35.5. The normalized spacial score (nSPS) is 14.5. The van der Waals surface area contributed by atoms with Crippen LogP contribution in [0.25, 0.3) is 6.08 Å². The number of ether oxygens (including phenoxy) is 1. The fourth-order valence-corrected chi connectivity index (χ4v) is 2.80. The van der Waals surface area contributed by atoms with Crippen LogP contribution in [0.1, 0.15) is 11.1 Å². The number of anilines is 2. The molecule has 30 heavy (non-hydrogen) atoms. The fourth-order valence-electron chi connectivity index (χ4n) is 2.80. The monoisotopic (exact) mass is 430 g/mol. The van der Waals surface area contributed by atoms with E-state index in [9.17, 15) is 4.79 Å². The summed E-state index contributed by atoms with van der Waals surface area (Å²) in [4.78, 5) is 19.6. The molecule has 0 aromatic heterocycles. The molecule has 1 aliphatic rings. The van der Waals surface area contributed by atoms with Crippen molar-refractivity contribution in [1.82, 2.24) is 4.90 Å². The van der Waals surface area contributed by atoms with Crippen LogP contribution in [0.2, 0.25) is 0 Å². The zero-order chi connectivity index (χ0) is 20.3. The van der Waals surface area contributed by atoms with E-state index in [1.54, 1.807) is 24.4 Å². The van der Waals surface area contributed by atoms with Crippen molar-refractivity contribution in [2.24, 2.45) is 5.16 Å². The molecule has 7 nitrogen and oxygen atoms in total. The number of carbonyl (C=O) groups is 1. The van der Waals surface area contributed by atoms with Gasteiger partial charge in [0, 0.05) is 25.7 Å². The van der Waals surface area contributed by atoms with Gasteiger partial charge in [0.05, 0.1) is 30.8 Å². The van der Waals surface area contributed by atoms with Gasteiger partial charge in [0.25, 0.3) is 0 Å². The Labute approximate surface area is 182 Å². The summed E-state index contributed by atoms with van der Waals surface area (Å²) in [6.07, 6.45) is 4.90. The van der Waals surface area contributed by atoms with E-state index in [-0.39, 0.29) is 18.3 Å². The molecule has 3 N–H and O–H groups in total. The van der Waals surface area contributed by atoms with Crippen LogP contribution in [0.15, 0.2) is 59.8 Å². The fraction of sp³-hybridized carbons (Fsp3) is 0.273. The van der Waals surface area contributed by atoms with Crippen LogP contribution in [0.5, 0.6) is 0 Å². The zero-order valence-electron chi connectivity index (χ0n) is 16.7. The molecule has 0 unspecified atom stereocenters. The van der Waals surface area contributed by atoms with Gasteiger partial charge in [0.2, 0.25) is 5.91 Å². The number of benzene rings is 2. The largest absolute Gasteiger partial charge is 0.397 e. The maximum absolute atomic E-state index is 12.0. The number of carbonyl (C=O) groups excluding carboxylic acids is 1. The molecule has 1 amide bonds. The first-order chi connectivity index (χ1) is 14.2. The summed E-state index contributed by atoms with van der Waals surface area (Å²) in [5.41, 5.74) is 8.79. The van der Waals surface area contributed by atoms with E-state index in [1.165, 1.54) is 6.08 Å². The van der Waals surface area contributed by atoms with Crippen molar-refractivity contribution in [2.75, 3.05) is 50.5 Å². The average molecular weight is 431 g/mol. The lowest BCUT2D eigenvalue weighted by Gasteiger charge is -2.25. The number of nitrogen functional groups attached to an aromatic ring is 1. The van der Waals surface area contributed by atoms with Gasteiger partial charge < -0.3 is 20.6 Å². The highest BCUT2D eigenvalue weighted by molar-refractivity contribution is 6.03. The van der Waals surface area contributed by atoms with E-state index in [0.29, 0.717) is 18.0 Å². The maximum Gasteiger partial charge on any atom is 0.248 e. The molecule has 0 bridgehead atoms. The standard InChI is InChI=1S/C22H26N4O3.ClH/c23-20-3-1-2-4-21(20)25-22(27)10-9-18-5-7-19(8-6-18)17-24-29-16-13-26-11-14-28-15-12-26;/h1-10,17H,11-16,23H2,(H,25,27);1H/b10-9+,24-17?;. The highest BCUT2D eigenvalue weighted by Gasteiger charge is 2.09. The van der Waals surface area contributed by atoms with Crippen molar-refractivity contribution in [2.45, 2.75) is 0 Å². The van der Waals surface area contributed by atoms with Crippen LogP contribution >= 0.6 is 12.4 Å². The first-order valence-corrected chi connectivity index (χ1v) is 9.60. The first-order valence-electron chi connectivity index (χ1n) is 9.60. The van der Waals surface area contributed by atoms with Gasteiger partial charge >= 0.3 is 0 Å². The van der Waals surface area contributed by atoms with Gasteiger partial charge in [-0.2, -0.15) is 0 Å². The van der Waals surface area contributed by atoms with Gasteiger partial charge in [-0.25, -0.2) is 0 Å². The summed E-state index contributed by atoms with van der Waals surface area (Å²) in [6.45, 7) is 4.86. The number of para-hydroxylation sites is 2. The van der Waals surface area contributed by atoms with E-state index in [4.69, 9.17) is 15.3 Å². The number of amides is 1. The molecule has 1 aliphatic heterocycles. The second-order valence-corrected chi connectivity index (χ2v) is 6.60. The van der Waals surface area contributed by atoms with Crippen LogP contribution in [-0.2, 0) is 14.4 Å². The minimum atomic E-state index is -0.234. The SMILES string of the molecule is Cl.Nc1ccccc1NC(=O)/C=C/c1ccc(C=NOCCN2CCOCC2)cc1. The third kappa shape index (κ3) is 7.87. The van der Waals surface area contributed by atoms with Crippen LogP contribution < -0.4 is 11.1 Å². The summed E-state index contributed by atoms with van der Waals surface area (Å²) in [5, 5.41) is 6.76. The Balaban J connectivity index is 0.00000320. The van der Waals surface area contributed by atoms with Crippen molar-refractivity contribution in [3.8, 4) is 0 Å². The number of hydrogen-bond donors (Lipinski definition) is 2.